The maximum Gasteiger partial charge on any atom is 0.167 e. The highest BCUT2D eigenvalue weighted by Crippen LogP contribution is 2.36. The second kappa shape index (κ2) is 6.45. The maximum atomic E-state index is 12.3. The number of aryl methyl sites for hydroxylation is 2. The van der Waals surface area contributed by atoms with E-state index in [9.17, 15) is 4.79 Å². The van der Waals surface area contributed by atoms with E-state index < -0.39 is 0 Å². The van der Waals surface area contributed by atoms with E-state index in [1.165, 1.54) is 16.7 Å². The molecule has 114 valence electrons. The molecule has 22 heavy (non-hydrogen) atoms. The number of hydrogen-bond acceptors (Lipinski definition) is 2. The van der Waals surface area contributed by atoms with Gasteiger partial charge in [0.25, 0.3) is 0 Å². The van der Waals surface area contributed by atoms with Crippen molar-refractivity contribution < 1.29 is 4.79 Å². The lowest BCUT2D eigenvalue weighted by molar-refractivity contribution is 0.0927. The summed E-state index contributed by atoms with van der Waals surface area (Å²) in [6.45, 7) is 5.05. The molecule has 0 aliphatic heterocycles. The monoisotopic (exact) mass is 293 g/mol. The minimum absolute atomic E-state index is 0.0357. The summed E-state index contributed by atoms with van der Waals surface area (Å²) < 4.78 is 0. The van der Waals surface area contributed by atoms with E-state index in [0.29, 0.717) is 0 Å². The molecule has 0 aromatic heterocycles. The summed E-state index contributed by atoms with van der Waals surface area (Å²) in [5, 5.41) is 3.59. The molecule has 1 aliphatic rings. The molecule has 0 spiro atoms. The van der Waals surface area contributed by atoms with E-state index in [4.69, 9.17) is 0 Å². The average Bonchev–Trinajstić information content (AvgIpc) is 2.76. The molecule has 3 rings (SSSR count). The topological polar surface area (TPSA) is 29.1 Å². The van der Waals surface area contributed by atoms with Crippen LogP contribution in [-0.2, 0) is 6.42 Å². The first-order valence-electron chi connectivity index (χ1n) is 8.09. The van der Waals surface area contributed by atoms with E-state index in [1.54, 1.807) is 0 Å². The van der Waals surface area contributed by atoms with Gasteiger partial charge in [0.05, 0.1) is 0 Å². The van der Waals surface area contributed by atoms with Crippen LogP contribution in [0.15, 0.2) is 48.5 Å². The molecule has 2 aromatic carbocycles. The molecule has 0 heterocycles. The van der Waals surface area contributed by atoms with Crippen molar-refractivity contribution >= 4 is 5.78 Å². The Morgan fingerprint density at radius 3 is 2.64 bits per heavy atom. The molecule has 2 heteroatoms. The molecule has 2 nitrogen and oxygen atoms in total. The third-order valence-electron chi connectivity index (χ3n) is 4.57. The Morgan fingerprint density at radius 1 is 1.09 bits per heavy atom. The number of fused-ring (bicyclic) bond motifs is 1. The molecule has 0 radical (unpaired) electrons. The highest BCUT2D eigenvalue weighted by Gasteiger charge is 2.35. The van der Waals surface area contributed by atoms with Crippen LogP contribution in [0.1, 0.15) is 46.4 Å². The molecule has 0 saturated carbocycles. The molecule has 1 aliphatic carbocycles. The van der Waals surface area contributed by atoms with Crippen molar-refractivity contribution in [2.24, 2.45) is 5.92 Å². The van der Waals surface area contributed by atoms with Crippen molar-refractivity contribution in [3.63, 3.8) is 0 Å². The van der Waals surface area contributed by atoms with Gasteiger partial charge in [0, 0.05) is 17.5 Å². The fraction of sp³-hybridized carbons (Fsp3) is 0.350. The fourth-order valence-corrected chi connectivity index (χ4v) is 3.31. The standard InChI is InChI=1S/C20H23NO/c1-14-10-11-17-18(13-14)19(15(2)20(17)22)21-12-6-9-16-7-4-3-5-8-16/h3-5,7-8,10-11,13,15,19,21H,6,9,12H2,1-2H3. The van der Waals surface area contributed by atoms with Crippen molar-refractivity contribution in [3.05, 3.63) is 70.8 Å². The predicted octanol–water partition coefficient (Wildman–Crippen LogP) is 4.09. The van der Waals surface area contributed by atoms with Crippen molar-refractivity contribution in [2.45, 2.75) is 32.7 Å². The molecule has 0 bridgehead atoms. The van der Waals surface area contributed by atoms with Gasteiger partial charge in [-0.1, -0.05) is 61.0 Å². The highest BCUT2D eigenvalue weighted by molar-refractivity contribution is 6.02. The normalized spacial score (nSPS) is 20.2. The van der Waals surface area contributed by atoms with Gasteiger partial charge in [0.15, 0.2) is 5.78 Å². The summed E-state index contributed by atoms with van der Waals surface area (Å²) >= 11 is 0. The van der Waals surface area contributed by atoms with Crippen molar-refractivity contribution in [2.75, 3.05) is 6.54 Å². The second-order valence-electron chi connectivity index (χ2n) is 6.26. The molecule has 0 saturated heterocycles. The van der Waals surface area contributed by atoms with E-state index in [-0.39, 0.29) is 17.7 Å². The van der Waals surface area contributed by atoms with Crippen LogP contribution in [0, 0.1) is 12.8 Å². The second-order valence-corrected chi connectivity index (χ2v) is 6.26. The molecule has 0 amide bonds. The summed E-state index contributed by atoms with van der Waals surface area (Å²) in [6, 6.07) is 16.9. The average molecular weight is 293 g/mol. The van der Waals surface area contributed by atoms with Crippen LogP contribution in [0.5, 0.6) is 0 Å². The van der Waals surface area contributed by atoms with Gasteiger partial charge in [0.1, 0.15) is 0 Å². The summed E-state index contributed by atoms with van der Waals surface area (Å²) in [6.07, 6.45) is 2.16. The van der Waals surface area contributed by atoms with Gasteiger partial charge in [-0.05, 0) is 37.4 Å². The number of Topliss-reactive ketones (excluding diaryl/α,β-unsaturated/α-hetero) is 1. The van der Waals surface area contributed by atoms with Crippen LogP contribution in [0.25, 0.3) is 0 Å². The third-order valence-corrected chi connectivity index (χ3v) is 4.57. The Kier molecular flexibility index (Phi) is 4.39. The Labute approximate surface area is 132 Å². The lowest BCUT2D eigenvalue weighted by Gasteiger charge is -2.18. The van der Waals surface area contributed by atoms with Gasteiger partial charge in [-0.2, -0.15) is 0 Å². The largest absolute Gasteiger partial charge is 0.309 e. The zero-order chi connectivity index (χ0) is 15.5. The lowest BCUT2D eigenvalue weighted by Crippen LogP contribution is -2.26. The minimum atomic E-state index is 0.0357. The minimum Gasteiger partial charge on any atom is -0.309 e. The molecule has 0 fully saturated rings. The van der Waals surface area contributed by atoms with Crippen molar-refractivity contribution in [1.82, 2.24) is 5.32 Å². The van der Waals surface area contributed by atoms with E-state index in [2.05, 4.69) is 42.6 Å². The summed E-state index contributed by atoms with van der Waals surface area (Å²) in [5.41, 5.74) is 4.67. The molecular formula is C20H23NO. The van der Waals surface area contributed by atoms with Gasteiger partial charge < -0.3 is 5.32 Å². The summed E-state index contributed by atoms with van der Waals surface area (Å²) in [7, 11) is 0. The first-order chi connectivity index (χ1) is 10.7. The number of nitrogens with one attached hydrogen (secondary N) is 1. The van der Waals surface area contributed by atoms with Gasteiger partial charge in [-0.15, -0.1) is 0 Å². The van der Waals surface area contributed by atoms with Crippen molar-refractivity contribution in [3.8, 4) is 0 Å². The van der Waals surface area contributed by atoms with Crippen LogP contribution in [0.3, 0.4) is 0 Å². The van der Waals surface area contributed by atoms with Crippen LogP contribution < -0.4 is 5.32 Å². The third kappa shape index (κ3) is 2.97. The van der Waals surface area contributed by atoms with Gasteiger partial charge in [-0.25, -0.2) is 0 Å². The van der Waals surface area contributed by atoms with E-state index in [1.807, 2.05) is 25.1 Å². The number of carbonyl (C=O) groups is 1. The molecular weight excluding hydrogens is 270 g/mol. The van der Waals surface area contributed by atoms with Crippen LogP contribution in [-0.4, -0.2) is 12.3 Å². The molecule has 2 unspecified atom stereocenters. The van der Waals surface area contributed by atoms with E-state index >= 15 is 0 Å². The zero-order valence-corrected chi connectivity index (χ0v) is 13.3. The van der Waals surface area contributed by atoms with Crippen LogP contribution in [0.2, 0.25) is 0 Å². The maximum absolute atomic E-state index is 12.3. The quantitative estimate of drug-likeness (QED) is 0.841. The molecule has 2 atom stereocenters. The molecule has 2 aromatic rings. The van der Waals surface area contributed by atoms with Gasteiger partial charge >= 0.3 is 0 Å². The smallest absolute Gasteiger partial charge is 0.167 e. The zero-order valence-electron chi connectivity index (χ0n) is 13.3. The van der Waals surface area contributed by atoms with Crippen LogP contribution in [0.4, 0.5) is 0 Å². The first kappa shape index (κ1) is 15.0. The van der Waals surface area contributed by atoms with Crippen molar-refractivity contribution in [1.29, 1.82) is 0 Å². The highest BCUT2D eigenvalue weighted by atomic mass is 16.1. The Hall–Kier alpha value is -1.93. The molecule has 1 N–H and O–H groups in total. The predicted molar refractivity (Wildman–Crippen MR) is 90.2 cm³/mol. The van der Waals surface area contributed by atoms with Gasteiger partial charge in [-0.3, -0.25) is 4.79 Å². The lowest BCUT2D eigenvalue weighted by atomic mass is 10.0. The Bertz CT molecular complexity index is 663. The SMILES string of the molecule is Cc1ccc2c(c1)C(NCCCc1ccccc1)C(C)C2=O. The number of carbonyl (C=O) groups excluding carboxylic acids is 1. The number of rotatable bonds is 5. The van der Waals surface area contributed by atoms with E-state index in [0.717, 1.165) is 24.9 Å². The fourth-order valence-electron chi connectivity index (χ4n) is 3.31. The van der Waals surface area contributed by atoms with Gasteiger partial charge in [0.2, 0.25) is 0 Å². The van der Waals surface area contributed by atoms with Crippen LogP contribution >= 0.6 is 0 Å². The number of hydrogen-bond donors (Lipinski definition) is 1. The summed E-state index contributed by atoms with van der Waals surface area (Å²) in [4.78, 5) is 12.3. The Morgan fingerprint density at radius 2 is 1.86 bits per heavy atom. The Balaban J connectivity index is 1.61. The first-order valence-corrected chi connectivity index (χ1v) is 8.09. The number of ketones is 1. The summed E-state index contributed by atoms with van der Waals surface area (Å²) in [5.74, 6) is 0.309. The number of benzene rings is 2.